The number of aryl methyl sites for hydroxylation is 1. The Bertz CT molecular complexity index is 595. The van der Waals surface area contributed by atoms with E-state index in [1.165, 1.54) is 12.1 Å². The fourth-order valence-electron chi connectivity index (χ4n) is 2.31. The molecule has 0 saturated carbocycles. The molecule has 1 unspecified atom stereocenters. The second-order valence-corrected chi connectivity index (χ2v) is 4.91. The predicted molar refractivity (Wildman–Crippen MR) is 78.1 cm³/mol. The number of hydrogen-bond acceptors (Lipinski definition) is 2. The van der Waals surface area contributed by atoms with E-state index in [0.29, 0.717) is 0 Å². The minimum absolute atomic E-state index is 0.0633. The standard InChI is InChI=1S/C17H18FNO/c1-12-9-15(18)8-7-14(12)10-17(20)16(11-19)13-5-3-2-4-6-13/h2-9,16H,10-11,19H2,1H3. The van der Waals surface area contributed by atoms with Gasteiger partial charge in [-0.05, 0) is 35.7 Å². The number of carbonyl (C=O) groups excluding carboxylic acids is 1. The molecule has 0 spiro atoms. The Labute approximate surface area is 118 Å². The van der Waals surface area contributed by atoms with Gasteiger partial charge in [-0.15, -0.1) is 0 Å². The molecule has 2 nitrogen and oxygen atoms in total. The summed E-state index contributed by atoms with van der Waals surface area (Å²) in [6, 6.07) is 14.0. The third-order valence-electron chi connectivity index (χ3n) is 3.50. The number of ketones is 1. The largest absolute Gasteiger partial charge is 0.329 e. The van der Waals surface area contributed by atoms with Crippen LogP contribution in [0, 0.1) is 12.7 Å². The van der Waals surface area contributed by atoms with Crippen LogP contribution in [0.15, 0.2) is 48.5 Å². The Morgan fingerprint density at radius 3 is 2.50 bits per heavy atom. The molecule has 0 aliphatic heterocycles. The molecule has 2 aromatic carbocycles. The highest BCUT2D eigenvalue weighted by atomic mass is 19.1. The van der Waals surface area contributed by atoms with Crippen LogP contribution in [0.2, 0.25) is 0 Å². The van der Waals surface area contributed by atoms with E-state index in [1.807, 2.05) is 37.3 Å². The molecule has 0 heterocycles. The van der Waals surface area contributed by atoms with Crippen molar-refractivity contribution in [2.75, 3.05) is 6.54 Å². The SMILES string of the molecule is Cc1cc(F)ccc1CC(=O)C(CN)c1ccccc1. The molecule has 3 heteroatoms. The van der Waals surface area contributed by atoms with E-state index in [2.05, 4.69) is 0 Å². The highest BCUT2D eigenvalue weighted by Gasteiger charge is 2.19. The molecule has 0 fully saturated rings. The summed E-state index contributed by atoms with van der Waals surface area (Å²) in [7, 11) is 0. The van der Waals surface area contributed by atoms with Gasteiger partial charge in [-0.1, -0.05) is 36.4 Å². The second-order valence-electron chi connectivity index (χ2n) is 4.91. The zero-order chi connectivity index (χ0) is 14.5. The van der Waals surface area contributed by atoms with E-state index in [0.717, 1.165) is 16.7 Å². The molecule has 0 saturated heterocycles. The highest BCUT2D eigenvalue weighted by Crippen LogP contribution is 2.19. The molecule has 20 heavy (non-hydrogen) atoms. The van der Waals surface area contributed by atoms with E-state index >= 15 is 0 Å². The van der Waals surface area contributed by atoms with Crippen molar-refractivity contribution in [3.05, 3.63) is 71.0 Å². The van der Waals surface area contributed by atoms with E-state index in [1.54, 1.807) is 6.07 Å². The number of hydrogen-bond donors (Lipinski definition) is 1. The van der Waals surface area contributed by atoms with Gasteiger partial charge in [0.15, 0.2) is 0 Å². The summed E-state index contributed by atoms with van der Waals surface area (Å²) in [5.41, 5.74) is 8.32. The first-order valence-electron chi connectivity index (χ1n) is 6.64. The number of Topliss-reactive ketones (excluding diaryl/α,β-unsaturated/α-hetero) is 1. The highest BCUT2D eigenvalue weighted by molar-refractivity contribution is 5.88. The number of benzene rings is 2. The van der Waals surface area contributed by atoms with Crippen molar-refractivity contribution in [1.82, 2.24) is 0 Å². The maximum atomic E-state index is 13.1. The molecule has 0 radical (unpaired) electrons. The Balaban J connectivity index is 2.18. The van der Waals surface area contributed by atoms with Crippen LogP contribution in [-0.2, 0) is 11.2 Å². The average Bonchev–Trinajstić information content (AvgIpc) is 2.44. The van der Waals surface area contributed by atoms with Gasteiger partial charge in [-0.3, -0.25) is 4.79 Å². The van der Waals surface area contributed by atoms with E-state index in [9.17, 15) is 9.18 Å². The molecule has 1 atom stereocenters. The fraction of sp³-hybridized carbons (Fsp3) is 0.235. The quantitative estimate of drug-likeness (QED) is 0.908. The van der Waals surface area contributed by atoms with Crippen LogP contribution in [0.1, 0.15) is 22.6 Å². The smallest absolute Gasteiger partial charge is 0.145 e. The predicted octanol–water partition coefficient (Wildman–Crippen LogP) is 2.99. The minimum Gasteiger partial charge on any atom is -0.329 e. The van der Waals surface area contributed by atoms with Gasteiger partial charge in [0.05, 0.1) is 5.92 Å². The Kier molecular flexibility index (Phi) is 4.64. The van der Waals surface area contributed by atoms with Crippen molar-refractivity contribution in [2.24, 2.45) is 5.73 Å². The van der Waals surface area contributed by atoms with Gasteiger partial charge in [0.2, 0.25) is 0 Å². The Hall–Kier alpha value is -2.00. The van der Waals surface area contributed by atoms with Crippen LogP contribution in [0.4, 0.5) is 4.39 Å². The Morgan fingerprint density at radius 1 is 1.20 bits per heavy atom. The molecule has 0 aliphatic carbocycles. The molecule has 2 N–H and O–H groups in total. The summed E-state index contributed by atoms with van der Waals surface area (Å²) in [5, 5.41) is 0. The molecule has 2 aromatic rings. The van der Waals surface area contributed by atoms with E-state index < -0.39 is 0 Å². The number of nitrogens with two attached hydrogens (primary N) is 1. The van der Waals surface area contributed by atoms with Crippen LogP contribution >= 0.6 is 0 Å². The fourth-order valence-corrected chi connectivity index (χ4v) is 2.31. The van der Waals surface area contributed by atoms with Crippen molar-refractivity contribution < 1.29 is 9.18 Å². The lowest BCUT2D eigenvalue weighted by Crippen LogP contribution is -2.23. The first-order valence-corrected chi connectivity index (χ1v) is 6.64. The van der Waals surface area contributed by atoms with Crippen LogP contribution in [0.3, 0.4) is 0 Å². The van der Waals surface area contributed by atoms with Crippen LogP contribution in [-0.4, -0.2) is 12.3 Å². The van der Waals surface area contributed by atoms with Gasteiger partial charge in [-0.2, -0.15) is 0 Å². The molecule has 0 bridgehead atoms. The summed E-state index contributed by atoms with van der Waals surface area (Å²) < 4.78 is 13.1. The van der Waals surface area contributed by atoms with Crippen molar-refractivity contribution >= 4 is 5.78 Å². The maximum absolute atomic E-state index is 13.1. The molecule has 0 aromatic heterocycles. The van der Waals surface area contributed by atoms with Crippen LogP contribution in [0.25, 0.3) is 0 Å². The minimum atomic E-state index is -0.305. The summed E-state index contributed by atoms with van der Waals surface area (Å²) in [5.74, 6) is -0.522. The van der Waals surface area contributed by atoms with Gasteiger partial charge in [0, 0.05) is 13.0 Å². The zero-order valence-corrected chi connectivity index (χ0v) is 11.5. The molecular weight excluding hydrogens is 253 g/mol. The van der Waals surface area contributed by atoms with Crippen molar-refractivity contribution in [3.8, 4) is 0 Å². The van der Waals surface area contributed by atoms with Crippen LogP contribution < -0.4 is 5.73 Å². The molecule has 0 amide bonds. The first-order chi connectivity index (χ1) is 9.61. The summed E-state index contributed by atoms with van der Waals surface area (Å²) in [4.78, 5) is 12.4. The molecule has 0 aliphatic rings. The lowest BCUT2D eigenvalue weighted by molar-refractivity contribution is -0.119. The number of rotatable bonds is 5. The molecule has 2 rings (SSSR count). The lowest BCUT2D eigenvalue weighted by Gasteiger charge is -2.15. The van der Waals surface area contributed by atoms with E-state index in [-0.39, 0.29) is 30.5 Å². The summed E-state index contributed by atoms with van der Waals surface area (Å²) in [6.07, 6.45) is 0.281. The van der Waals surface area contributed by atoms with Crippen molar-refractivity contribution in [1.29, 1.82) is 0 Å². The monoisotopic (exact) mass is 271 g/mol. The van der Waals surface area contributed by atoms with Crippen molar-refractivity contribution in [2.45, 2.75) is 19.3 Å². The summed E-state index contributed by atoms with van der Waals surface area (Å²) in [6.45, 7) is 2.09. The average molecular weight is 271 g/mol. The van der Waals surface area contributed by atoms with Gasteiger partial charge >= 0.3 is 0 Å². The number of carbonyl (C=O) groups is 1. The third-order valence-corrected chi connectivity index (χ3v) is 3.50. The summed E-state index contributed by atoms with van der Waals surface area (Å²) >= 11 is 0. The molecule has 104 valence electrons. The van der Waals surface area contributed by atoms with E-state index in [4.69, 9.17) is 5.73 Å². The van der Waals surface area contributed by atoms with Gasteiger partial charge in [0.25, 0.3) is 0 Å². The number of halogens is 1. The lowest BCUT2D eigenvalue weighted by atomic mass is 9.90. The first kappa shape index (κ1) is 14.4. The third kappa shape index (κ3) is 3.31. The van der Waals surface area contributed by atoms with Crippen LogP contribution in [0.5, 0.6) is 0 Å². The second kappa shape index (κ2) is 6.44. The van der Waals surface area contributed by atoms with Gasteiger partial charge < -0.3 is 5.73 Å². The van der Waals surface area contributed by atoms with Gasteiger partial charge in [-0.25, -0.2) is 4.39 Å². The maximum Gasteiger partial charge on any atom is 0.145 e. The Morgan fingerprint density at radius 2 is 1.90 bits per heavy atom. The topological polar surface area (TPSA) is 43.1 Å². The zero-order valence-electron chi connectivity index (χ0n) is 11.5. The van der Waals surface area contributed by atoms with Gasteiger partial charge in [0.1, 0.15) is 11.6 Å². The molecular formula is C17H18FNO. The normalized spacial score (nSPS) is 12.2. The van der Waals surface area contributed by atoms with Crippen molar-refractivity contribution in [3.63, 3.8) is 0 Å².